The van der Waals surface area contributed by atoms with E-state index >= 15 is 0 Å². The molecule has 0 aliphatic carbocycles. The number of β-amino-alcohol motifs (C(OH)–C–C–N with tert-alkyl or cyclic N) is 1. The predicted molar refractivity (Wildman–Crippen MR) is 73.0 cm³/mol. The van der Waals surface area contributed by atoms with Crippen LogP contribution in [0, 0.1) is 0 Å². The Bertz CT molecular complexity index is 264. The van der Waals surface area contributed by atoms with Gasteiger partial charge in [-0.05, 0) is 6.17 Å². The highest BCUT2D eigenvalue weighted by molar-refractivity contribution is 6.77. The average Bonchev–Trinajstić information content (AvgIpc) is 2.26. The van der Waals surface area contributed by atoms with Crippen LogP contribution in [0.2, 0.25) is 19.1 Å². The number of rotatable bonds is 5. The van der Waals surface area contributed by atoms with Crippen LogP contribution in [0.15, 0.2) is 0 Å². The first-order chi connectivity index (χ1) is 8.32. The average molecular weight is 277 g/mol. The van der Waals surface area contributed by atoms with Crippen LogP contribution in [0.4, 0.5) is 0 Å². The van der Waals surface area contributed by atoms with Crippen molar-refractivity contribution in [3.05, 3.63) is 0 Å². The van der Waals surface area contributed by atoms with Crippen LogP contribution in [0.3, 0.4) is 0 Å². The number of likely N-dealkylation sites (tertiary alicyclic amines) is 1. The highest BCUT2D eigenvalue weighted by atomic mass is 28.3. The molecule has 108 valence electrons. The molecule has 0 aromatic rings. The normalized spacial score (nSPS) is 34.8. The van der Waals surface area contributed by atoms with Gasteiger partial charge in [0.15, 0.2) is 0 Å². The first-order valence-corrected chi connectivity index (χ1v) is 10.1. The summed E-state index contributed by atoms with van der Waals surface area (Å²) in [4.78, 5) is 1.95. The van der Waals surface area contributed by atoms with Gasteiger partial charge in [0.2, 0.25) is 0 Å². The second-order valence-corrected chi connectivity index (χ2v) is 11.3. The molecule has 0 bridgehead atoms. The molecule has 4 atom stereocenters. The van der Waals surface area contributed by atoms with Gasteiger partial charge in [-0.3, -0.25) is 4.90 Å². The molecular weight excluding hydrogens is 250 g/mol. The van der Waals surface area contributed by atoms with Crippen LogP contribution in [-0.2, 0) is 0 Å². The Morgan fingerprint density at radius 2 is 1.78 bits per heavy atom. The molecule has 1 aliphatic rings. The minimum Gasteiger partial charge on any atom is -0.395 e. The largest absolute Gasteiger partial charge is 0.395 e. The third-order valence-electron chi connectivity index (χ3n) is 3.77. The molecule has 0 amide bonds. The van der Waals surface area contributed by atoms with Crippen molar-refractivity contribution < 1.29 is 20.4 Å². The van der Waals surface area contributed by atoms with E-state index in [2.05, 4.69) is 20.0 Å². The molecule has 1 saturated heterocycles. The van der Waals surface area contributed by atoms with Crippen molar-refractivity contribution in [3.63, 3.8) is 0 Å². The molecule has 0 saturated carbocycles. The van der Waals surface area contributed by atoms with Gasteiger partial charge < -0.3 is 20.4 Å². The van der Waals surface area contributed by atoms with Crippen molar-refractivity contribution in [3.8, 4) is 0 Å². The van der Waals surface area contributed by atoms with Crippen LogP contribution >= 0.6 is 0 Å². The summed E-state index contributed by atoms with van der Waals surface area (Å²) in [5.74, 6) is 0. The number of hydrogen-bond acceptors (Lipinski definition) is 5. The third-order valence-corrected chi connectivity index (χ3v) is 6.89. The molecule has 5 nitrogen and oxygen atoms in total. The van der Waals surface area contributed by atoms with Gasteiger partial charge in [0.05, 0.1) is 26.8 Å². The molecule has 0 spiro atoms. The summed E-state index contributed by atoms with van der Waals surface area (Å²) >= 11 is 0. The fraction of sp³-hybridized carbons (Fsp3) is 1.00. The van der Waals surface area contributed by atoms with E-state index in [1.807, 2.05) is 4.90 Å². The molecule has 4 N–H and O–H groups in total. The standard InChI is InChI=1S/C12H27NO4Si/c1-4-5-18(2,3)8-13-6-10(15)12(17)11(16)9(13)7-14/h9-12,14-17H,4-8H2,1-3H3/t9-,10+,11-,12-/m1/s1. The van der Waals surface area contributed by atoms with E-state index in [9.17, 15) is 20.4 Å². The van der Waals surface area contributed by atoms with Crippen molar-refractivity contribution in [2.45, 2.75) is 56.8 Å². The molecule has 6 heteroatoms. The Balaban J connectivity index is 2.73. The lowest BCUT2D eigenvalue weighted by Gasteiger charge is -2.45. The minimum absolute atomic E-state index is 0.193. The summed E-state index contributed by atoms with van der Waals surface area (Å²) in [7, 11) is -1.42. The van der Waals surface area contributed by atoms with Crippen molar-refractivity contribution >= 4 is 8.07 Å². The zero-order chi connectivity index (χ0) is 13.9. The lowest BCUT2D eigenvalue weighted by Crippen LogP contribution is -2.64. The first kappa shape index (κ1) is 16.1. The number of aliphatic hydroxyl groups is 4. The van der Waals surface area contributed by atoms with E-state index < -0.39 is 32.4 Å². The van der Waals surface area contributed by atoms with Crippen LogP contribution in [0.5, 0.6) is 0 Å². The number of piperidine rings is 1. The van der Waals surface area contributed by atoms with Crippen LogP contribution in [0.25, 0.3) is 0 Å². The molecule has 0 radical (unpaired) electrons. The fourth-order valence-electron chi connectivity index (χ4n) is 2.87. The lowest BCUT2D eigenvalue weighted by molar-refractivity contribution is -0.141. The quantitative estimate of drug-likeness (QED) is 0.505. The molecule has 18 heavy (non-hydrogen) atoms. The number of hydrogen-bond donors (Lipinski definition) is 4. The number of nitrogens with zero attached hydrogens (tertiary/aromatic N) is 1. The first-order valence-electron chi connectivity index (χ1n) is 6.71. The molecule has 0 aromatic carbocycles. The summed E-state index contributed by atoms with van der Waals surface area (Å²) in [6, 6.07) is 0.711. The molecule has 1 aliphatic heterocycles. The summed E-state index contributed by atoms with van der Waals surface area (Å²) in [5.41, 5.74) is 0. The van der Waals surface area contributed by atoms with Crippen molar-refractivity contribution in [1.82, 2.24) is 4.90 Å². The highest BCUT2D eigenvalue weighted by Gasteiger charge is 2.42. The van der Waals surface area contributed by atoms with E-state index in [0.717, 1.165) is 12.6 Å². The third kappa shape index (κ3) is 3.75. The zero-order valence-electron chi connectivity index (χ0n) is 11.6. The second-order valence-electron chi connectivity index (χ2n) is 6.14. The molecular formula is C12H27NO4Si. The molecule has 1 fully saturated rings. The Hall–Kier alpha value is 0.0169. The zero-order valence-corrected chi connectivity index (χ0v) is 12.6. The van der Waals surface area contributed by atoms with E-state index in [1.54, 1.807) is 0 Å². The SMILES string of the molecule is CCC[Si](C)(C)CN1C[C@H](O)[C@@H](O)[C@H](O)[C@H]1CO. The topological polar surface area (TPSA) is 84.2 Å². The fourth-order valence-corrected chi connectivity index (χ4v) is 5.84. The second kappa shape index (κ2) is 6.45. The van der Waals surface area contributed by atoms with Gasteiger partial charge in [0.25, 0.3) is 0 Å². The van der Waals surface area contributed by atoms with Gasteiger partial charge in [-0.2, -0.15) is 0 Å². The molecule has 1 heterocycles. The Morgan fingerprint density at radius 3 is 2.28 bits per heavy atom. The van der Waals surface area contributed by atoms with Crippen LogP contribution in [-0.4, -0.2) is 77.1 Å². The monoisotopic (exact) mass is 277 g/mol. The smallest absolute Gasteiger partial charge is 0.109 e. The number of aliphatic hydroxyl groups excluding tert-OH is 4. The lowest BCUT2D eigenvalue weighted by atomic mass is 9.95. The Morgan fingerprint density at radius 1 is 1.17 bits per heavy atom. The van der Waals surface area contributed by atoms with Crippen molar-refractivity contribution in [2.24, 2.45) is 0 Å². The van der Waals surface area contributed by atoms with Crippen molar-refractivity contribution in [1.29, 1.82) is 0 Å². The highest BCUT2D eigenvalue weighted by Crippen LogP contribution is 2.22. The van der Waals surface area contributed by atoms with Crippen molar-refractivity contribution in [2.75, 3.05) is 19.3 Å². The summed E-state index contributed by atoms with van der Waals surface area (Å²) in [6.45, 7) is 6.83. The molecule has 1 rings (SSSR count). The minimum atomic E-state index is -1.42. The van der Waals surface area contributed by atoms with E-state index in [1.165, 1.54) is 6.04 Å². The van der Waals surface area contributed by atoms with Gasteiger partial charge in [-0.25, -0.2) is 0 Å². The van der Waals surface area contributed by atoms with Gasteiger partial charge in [-0.1, -0.05) is 32.5 Å². The van der Waals surface area contributed by atoms with Crippen LogP contribution < -0.4 is 0 Å². The van der Waals surface area contributed by atoms with Gasteiger partial charge >= 0.3 is 0 Å². The molecule has 0 aromatic heterocycles. The summed E-state index contributed by atoms with van der Waals surface area (Å²) in [5, 5.41) is 38.7. The van der Waals surface area contributed by atoms with Crippen LogP contribution in [0.1, 0.15) is 13.3 Å². The maximum Gasteiger partial charge on any atom is 0.109 e. The molecule has 0 unspecified atom stereocenters. The summed E-state index contributed by atoms with van der Waals surface area (Å²) in [6.07, 6.45) is -1.22. The van der Waals surface area contributed by atoms with E-state index in [0.29, 0.717) is 6.54 Å². The maximum atomic E-state index is 9.91. The van der Waals surface area contributed by atoms with Gasteiger partial charge in [0, 0.05) is 6.54 Å². The summed E-state index contributed by atoms with van der Waals surface area (Å²) < 4.78 is 0. The van der Waals surface area contributed by atoms with E-state index in [-0.39, 0.29) is 6.61 Å². The van der Waals surface area contributed by atoms with Gasteiger partial charge in [-0.15, -0.1) is 0 Å². The van der Waals surface area contributed by atoms with E-state index in [4.69, 9.17) is 0 Å². The maximum absolute atomic E-state index is 9.91. The predicted octanol–water partition coefficient (Wildman–Crippen LogP) is -0.597. The van der Waals surface area contributed by atoms with Gasteiger partial charge in [0.1, 0.15) is 12.2 Å². The Kier molecular flexibility index (Phi) is 5.76. The Labute approximate surface area is 110 Å².